The van der Waals surface area contributed by atoms with Crippen molar-refractivity contribution in [2.75, 3.05) is 6.54 Å². The van der Waals surface area contributed by atoms with Gasteiger partial charge in [-0.15, -0.1) is 0 Å². The van der Waals surface area contributed by atoms with Gasteiger partial charge in [-0.1, -0.05) is 90.4 Å². The molecular formula is C21H41NO4. The van der Waals surface area contributed by atoms with Crippen LogP contribution in [0.25, 0.3) is 0 Å². The quantitative estimate of drug-likeness (QED) is 0.250. The summed E-state index contributed by atoms with van der Waals surface area (Å²) in [5.41, 5.74) is 0. The van der Waals surface area contributed by atoms with Gasteiger partial charge >= 0.3 is 11.9 Å². The van der Waals surface area contributed by atoms with Crippen LogP contribution in [-0.4, -0.2) is 34.7 Å². The molecule has 0 aromatic heterocycles. The number of hydrogen-bond donors (Lipinski definition) is 3. The molecule has 0 unspecified atom stereocenters. The number of unbranched alkanes of at least 4 members (excludes halogenated alkanes) is 13. The molecule has 3 N–H and O–H groups in total. The summed E-state index contributed by atoms with van der Waals surface area (Å²) in [5.74, 6) is -1.91. The molecule has 0 saturated carbocycles. The van der Waals surface area contributed by atoms with Crippen molar-refractivity contribution in [3.63, 3.8) is 0 Å². The van der Waals surface area contributed by atoms with Gasteiger partial charge in [0, 0.05) is 6.42 Å². The second kappa shape index (κ2) is 18.7. The Morgan fingerprint density at radius 2 is 1.15 bits per heavy atom. The highest BCUT2D eigenvalue weighted by Gasteiger charge is 2.17. The molecule has 0 rings (SSSR count). The van der Waals surface area contributed by atoms with Crippen molar-refractivity contribution in [2.45, 2.75) is 116 Å². The van der Waals surface area contributed by atoms with E-state index in [2.05, 4.69) is 12.2 Å². The summed E-state index contributed by atoms with van der Waals surface area (Å²) in [6.07, 6.45) is 18.2. The molecule has 1 atom stereocenters. The molecule has 0 aliphatic heterocycles. The van der Waals surface area contributed by atoms with E-state index in [0.717, 1.165) is 12.8 Å². The van der Waals surface area contributed by atoms with E-state index in [1.165, 1.54) is 77.0 Å². The summed E-state index contributed by atoms with van der Waals surface area (Å²) < 4.78 is 0. The summed E-state index contributed by atoms with van der Waals surface area (Å²) in [5, 5.41) is 20.6. The Morgan fingerprint density at radius 1 is 0.731 bits per heavy atom. The first-order valence-electron chi connectivity index (χ1n) is 10.8. The van der Waals surface area contributed by atoms with Crippen molar-refractivity contribution in [2.24, 2.45) is 0 Å². The lowest BCUT2D eigenvalue weighted by Gasteiger charge is -2.13. The zero-order valence-electron chi connectivity index (χ0n) is 16.8. The van der Waals surface area contributed by atoms with Crippen molar-refractivity contribution in [3.05, 3.63) is 0 Å². The minimum atomic E-state index is -0.961. The zero-order chi connectivity index (χ0) is 19.5. The smallest absolute Gasteiger partial charge is 0.320 e. The van der Waals surface area contributed by atoms with Crippen LogP contribution < -0.4 is 5.32 Å². The SMILES string of the molecule is CCCCCCCCCCCCCCCCN[C@@H](CCC(=O)O)C(=O)O. The van der Waals surface area contributed by atoms with E-state index in [4.69, 9.17) is 10.2 Å². The molecule has 0 aliphatic rings. The lowest BCUT2D eigenvalue weighted by Crippen LogP contribution is -2.37. The number of carbonyl (C=O) groups is 2. The van der Waals surface area contributed by atoms with Gasteiger partial charge in [-0.3, -0.25) is 9.59 Å². The van der Waals surface area contributed by atoms with Gasteiger partial charge in [0.1, 0.15) is 6.04 Å². The minimum absolute atomic E-state index is 0.108. The standard InChI is InChI=1S/C21H41NO4/c1-2-3-4-5-6-7-8-9-10-11-12-13-14-15-18-22-19(21(25)26)16-17-20(23)24/h19,22H,2-18H2,1H3,(H,23,24)(H,25,26)/t19-/m0/s1. The van der Waals surface area contributed by atoms with Crippen molar-refractivity contribution >= 4 is 11.9 Å². The fraction of sp³-hybridized carbons (Fsp3) is 0.905. The average molecular weight is 372 g/mol. The van der Waals surface area contributed by atoms with E-state index in [1.807, 2.05) is 0 Å². The molecule has 0 heterocycles. The maximum absolute atomic E-state index is 11.0. The highest BCUT2D eigenvalue weighted by atomic mass is 16.4. The van der Waals surface area contributed by atoms with Crippen molar-refractivity contribution in [3.8, 4) is 0 Å². The monoisotopic (exact) mass is 371 g/mol. The van der Waals surface area contributed by atoms with E-state index < -0.39 is 18.0 Å². The molecule has 5 heteroatoms. The Bertz CT molecular complexity index is 347. The predicted molar refractivity (Wildman–Crippen MR) is 107 cm³/mol. The summed E-state index contributed by atoms with van der Waals surface area (Å²) in [6.45, 7) is 2.90. The highest BCUT2D eigenvalue weighted by molar-refractivity contribution is 5.75. The van der Waals surface area contributed by atoms with Gasteiger partial charge in [0.2, 0.25) is 0 Å². The molecule has 0 bridgehead atoms. The van der Waals surface area contributed by atoms with Crippen LogP contribution in [0.5, 0.6) is 0 Å². The molecule has 0 spiro atoms. The van der Waals surface area contributed by atoms with Crippen LogP contribution in [0.1, 0.15) is 110 Å². The summed E-state index contributed by atoms with van der Waals surface area (Å²) in [7, 11) is 0. The minimum Gasteiger partial charge on any atom is -0.481 e. The van der Waals surface area contributed by atoms with Crippen LogP contribution in [0, 0.1) is 0 Å². The molecule has 154 valence electrons. The molecule has 0 radical (unpaired) electrons. The van der Waals surface area contributed by atoms with Crippen molar-refractivity contribution in [1.82, 2.24) is 5.32 Å². The lowest BCUT2D eigenvalue weighted by atomic mass is 10.0. The van der Waals surface area contributed by atoms with E-state index in [1.54, 1.807) is 0 Å². The average Bonchev–Trinajstić information content (AvgIpc) is 2.60. The number of rotatable bonds is 20. The zero-order valence-corrected chi connectivity index (χ0v) is 16.8. The van der Waals surface area contributed by atoms with Crippen LogP contribution in [0.3, 0.4) is 0 Å². The van der Waals surface area contributed by atoms with Gasteiger partial charge in [-0.25, -0.2) is 0 Å². The third-order valence-electron chi connectivity index (χ3n) is 4.87. The number of carboxylic acid groups (broad SMARTS) is 2. The maximum atomic E-state index is 11.0. The summed E-state index contributed by atoms with van der Waals surface area (Å²) >= 11 is 0. The van der Waals surface area contributed by atoms with E-state index in [-0.39, 0.29) is 12.8 Å². The second-order valence-electron chi connectivity index (χ2n) is 7.37. The van der Waals surface area contributed by atoms with Crippen LogP contribution in [-0.2, 0) is 9.59 Å². The second-order valence-corrected chi connectivity index (χ2v) is 7.37. The first kappa shape index (κ1) is 24.9. The Hall–Kier alpha value is -1.10. The van der Waals surface area contributed by atoms with Gasteiger partial charge in [0.25, 0.3) is 0 Å². The van der Waals surface area contributed by atoms with E-state index >= 15 is 0 Å². The van der Waals surface area contributed by atoms with Crippen LogP contribution >= 0.6 is 0 Å². The Kier molecular flexibility index (Phi) is 17.9. The molecule has 0 saturated heterocycles. The molecule has 0 aromatic rings. The summed E-state index contributed by atoms with van der Waals surface area (Å²) in [6, 6.07) is -0.743. The van der Waals surface area contributed by atoms with Gasteiger partial charge in [-0.05, 0) is 19.4 Å². The Labute approximate surface area is 159 Å². The third-order valence-corrected chi connectivity index (χ3v) is 4.87. The summed E-state index contributed by atoms with van der Waals surface area (Å²) in [4.78, 5) is 21.6. The number of nitrogens with one attached hydrogen (secondary N) is 1. The normalized spacial score (nSPS) is 12.2. The van der Waals surface area contributed by atoms with Gasteiger partial charge in [0.05, 0.1) is 0 Å². The lowest BCUT2D eigenvalue weighted by molar-refractivity contribution is -0.140. The highest BCUT2D eigenvalue weighted by Crippen LogP contribution is 2.12. The topological polar surface area (TPSA) is 86.6 Å². The van der Waals surface area contributed by atoms with E-state index in [9.17, 15) is 9.59 Å². The number of aliphatic carboxylic acids is 2. The Balaban J connectivity index is 3.32. The third kappa shape index (κ3) is 17.7. The molecule has 26 heavy (non-hydrogen) atoms. The fourth-order valence-corrected chi connectivity index (χ4v) is 3.18. The molecule has 0 amide bonds. The first-order chi connectivity index (χ1) is 12.6. The van der Waals surface area contributed by atoms with Gasteiger partial charge < -0.3 is 15.5 Å². The van der Waals surface area contributed by atoms with E-state index in [0.29, 0.717) is 6.54 Å². The largest absolute Gasteiger partial charge is 0.481 e. The molecule has 5 nitrogen and oxygen atoms in total. The van der Waals surface area contributed by atoms with Crippen molar-refractivity contribution in [1.29, 1.82) is 0 Å². The first-order valence-corrected chi connectivity index (χ1v) is 10.8. The molecule has 0 aliphatic carbocycles. The van der Waals surface area contributed by atoms with Crippen molar-refractivity contribution < 1.29 is 19.8 Å². The number of hydrogen-bond acceptors (Lipinski definition) is 3. The molecular weight excluding hydrogens is 330 g/mol. The van der Waals surface area contributed by atoms with Gasteiger partial charge in [0.15, 0.2) is 0 Å². The predicted octanol–water partition coefficient (Wildman–Crippen LogP) is 5.38. The Morgan fingerprint density at radius 3 is 1.54 bits per heavy atom. The van der Waals surface area contributed by atoms with Gasteiger partial charge in [-0.2, -0.15) is 0 Å². The van der Waals surface area contributed by atoms with Crippen LogP contribution in [0.2, 0.25) is 0 Å². The van der Waals surface area contributed by atoms with Crippen LogP contribution in [0.15, 0.2) is 0 Å². The fourth-order valence-electron chi connectivity index (χ4n) is 3.18. The molecule has 0 fully saturated rings. The van der Waals surface area contributed by atoms with Crippen LogP contribution in [0.4, 0.5) is 0 Å². The number of carboxylic acids is 2. The maximum Gasteiger partial charge on any atom is 0.320 e. The molecule has 0 aromatic carbocycles.